The minimum absolute atomic E-state index is 0.0424. The molecule has 0 radical (unpaired) electrons. The van der Waals surface area contributed by atoms with Crippen LogP contribution in [0.4, 0.5) is 0 Å². The highest BCUT2D eigenvalue weighted by Crippen LogP contribution is 2.28. The van der Waals surface area contributed by atoms with Crippen molar-refractivity contribution in [2.75, 3.05) is 32.2 Å². The molecule has 0 aromatic carbocycles. The van der Waals surface area contributed by atoms with Crippen LogP contribution < -0.4 is 0 Å². The van der Waals surface area contributed by atoms with Gasteiger partial charge in [-0.25, -0.2) is 8.42 Å². The molecule has 1 rings (SSSR count). The van der Waals surface area contributed by atoms with E-state index in [1.165, 1.54) is 0 Å². The highest BCUT2D eigenvalue weighted by atomic mass is 35.7. The molecule has 1 aliphatic heterocycles. The molecule has 1 saturated heterocycles. The first kappa shape index (κ1) is 16.2. The second kappa shape index (κ2) is 6.55. The van der Waals surface area contributed by atoms with Gasteiger partial charge in [-0.1, -0.05) is 20.8 Å². The van der Waals surface area contributed by atoms with E-state index < -0.39 is 9.05 Å². The highest BCUT2D eigenvalue weighted by Gasteiger charge is 2.29. The molecular formula is C12H23ClO4S. The second-order valence-electron chi connectivity index (χ2n) is 6.04. The molecule has 0 N–H and O–H groups in total. The highest BCUT2D eigenvalue weighted by molar-refractivity contribution is 8.13. The minimum Gasteiger partial charge on any atom is -0.381 e. The first-order valence-electron chi connectivity index (χ1n) is 6.26. The third kappa shape index (κ3) is 6.36. The van der Waals surface area contributed by atoms with Crippen molar-refractivity contribution < 1.29 is 17.9 Å². The standard InChI is InChI=1S/C12H23ClO4S/c1-12(2,3)11(9-18(13,14)15)8-17-7-10-4-5-16-6-10/h10-11H,4-9H2,1-3H3. The molecule has 2 unspecified atom stereocenters. The molecule has 2 atom stereocenters. The number of halogens is 1. The largest absolute Gasteiger partial charge is 0.381 e. The summed E-state index contributed by atoms with van der Waals surface area (Å²) in [6.07, 6.45) is 1.02. The maximum Gasteiger partial charge on any atom is 0.232 e. The fourth-order valence-corrected chi connectivity index (χ4v) is 3.41. The van der Waals surface area contributed by atoms with Crippen LogP contribution in [0, 0.1) is 17.3 Å². The zero-order valence-electron chi connectivity index (χ0n) is 11.3. The Morgan fingerprint density at radius 3 is 2.56 bits per heavy atom. The molecule has 18 heavy (non-hydrogen) atoms. The lowest BCUT2D eigenvalue weighted by Crippen LogP contribution is -2.31. The molecule has 1 aliphatic rings. The van der Waals surface area contributed by atoms with Crippen LogP contribution in [0.15, 0.2) is 0 Å². The van der Waals surface area contributed by atoms with Gasteiger partial charge in [0.25, 0.3) is 0 Å². The predicted molar refractivity (Wildman–Crippen MR) is 72.3 cm³/mol. The van der Waals surface area contributed by atoms with Crippen LogP contribution in [0.3, 0.4) is 0 Å². The predicted octanol–water partition coefficient (Wildman–Crippen LogP) is 2.27. The van der Waals surface area contributed by atoms with Gasteiger partial charge in [0, 0.05) is 29.1 Å². The van der Waals surface area contributed by atoms with Crippen molar-refractivity contribution in [3.8, 4) is 0 Å². The summed E-state index contributed by atoms with van der Waals surface area (Å²) in [4.78, 5) is 0. The molecule has 108 valence electrons. The minimum atomic E-state index is -3.49. The fraction of sp³-hybridized carbons (Fsp3) is 1.00. The summed E-state index contributed by atoms with van der Waals surface area (Å²) >= 11 is 0. The maximum absolute atomic E-state index is 11.2. The lowest BCUT2D eigenvalue weighted by atomic mass is 9.82. The van der Waals surface area contributed by atoms with E-state index in [0.717, 1.165) is 19.6 Å². The quantitative estimate of drug-likeness (QED) is 0.706. The van der Waals surface area contributed by atoms with Crippen molar-refractivity contribution in [2.45, 2.75) is 27.2 Å². The van der Waals surface area contributed by atoms with Crippen LogP contribution in [-0.4, -0.2) is 40.6 Å². The van der Waals surface area contributed by atoms with E-state index in [-0.39, 0.29) is 17.1 Å². The van der Waals surface area contributed by atoms with Crippen molar-refractivity contribution in [1.82, 2.24) is 0 Å². The molecule has 0 amide bonds. The molecule has 0 aromatic heterocycles. The maximum atomic E-state index is 11.2. The Morgan fingerprint density at radius 1 is 1.44 bits per heavy atom. The summed E-state index contributed by atoms with van der Waals surface area (Å²) < 4.78 is 33.3. The van der Waals surface area contributed by atoms with Crippen molar-refractivity contribution in [2.24, 2.45) is 17.3 Å². The average molecular weight is 299 g/mol. The first-order valence-corrected chi connectivity index (χ1v) is 8.74. The summed E-state index contributed by atoms with van der Waals surface area (Å²) in [5.41, 5.74) is -0.145. The Bertz CT molecular complexity index is 342. The summed E-state index contributed by atoms with van der Waals surface area (Å²) in [5, 5.41) is 0. The van der Waals surface area contributed by atoms with Crippen molar-refractivity contribution in [1.29, 1.82) is 0 Å². The van der Waals surface area contributed by atoms with Crippen molar-refractivity contribution >= 4 is 19.7 Å². The van der Waals surface area contributed by atoms with Crippen LogP contribution in [0.2, 0.25) is 0 Å². The number of ether oxygens (including phenoxy) is 2. The van der Waals surface area contributed by atoms with Crippen molar-refractivity contribution in [3.63, 3.8) is 0 Å². The summed E-state index contributed by atoms with van der Waals surface area (Å²) in [6, 6.07) is 0. The molecular weight excluding hydrogens is 276 g/mol. The average Bonchev–Trinajstić information content (AvgIpc) is 2.65. The molecule has 4 nitrogen and oxygen atoms in total. The molecule has 1 heterocycles. The van der Waals surface area contributed by atoms with Gasteiger partial charge in [-0.3, -0.25) is 0 Å². The number of hydrogen-bond acceptors (Lipinski definition) is 4. The normalized spacial score (nSPS) is 23.2. The molecule has 1 fully saturated rings. The van der Waals surface area contributed by atoms with Crippen LogP contribution in [-0.2, 0) is 18.5 Å². The van der Waals surface area contributed by atoms with Gasteiger partial charge in [-0.05, 0) is 11.8 Å². The van der Waals surface area contributed by atoms with Crippen molar-refractivity contribution in [3.05, 3.63) is 0 Å². The molecule has 0 spiro atoms. The third-order valence-electron chi connectivity index (χ3n) is 3.32. The van der Waals surface area contributed by atoms with Gasteiger partial charge in [0.15, 0.2) is 0 Å². The van der Waals surface area contributed by atoms with Crippen LogP contribution in [0.25, 0.3) is 0 Å². The van der Waals surface area contributed by atoms with Gasteiger partial charge in [-0.15, -0.1) is 0 Å². The van der Waals surface area contributed by atoms with E-state index in [2.05, 4.69) is 0 Å². The Hall–Kier alpha value is 0.160. The lowest BCUT2D eigenvalue weighted by molar-refractivity contribution is 0.0414. The van der Waals surface area contributed by atoms with Gasteiger partial charge in [0.05, 0.1) is 25.6 Å². The van der Waals surface area contributed by atoms with Crippen LogP contribution in [0.5, 0.6) is 0 Å². The summed E-state index contributed by atoms with van der Waals surface area (Å²) in [7, 11) is 1.85. The van der Waals surface area contributed by atoms with E-state index >= 15 is 0 Å². The second-order valence-corrected chi connectivity index (χ2v) is 8.86. The molecule has 0 aromatic rings. The SMILES string of the molecule is CC(C)(C)C(COCC1CCOC1)CS(=O)(=O)Cl. The van der Waals surface area contributed by atoms with E-state index in [1.54, 1.807) is 0 Å². The Kier molecular flexibility index (Phi) is 5.90. The smallest absolute Gasteiger partial charge is 0.232 e. The monoisotopic (exact) mass is 298 g/mol. The van der Waals surface area contributed by atoms with Gasteiger partial charge < -0.3 is 9.47 Å². The van der Waals surface area contributed by atoms with E-state index in [0.29, 0.717) is 19.1 Å². The molecule has 0 aliphatic carbocycles. The third-order valence-corrected chi connectivity index (χ3v) is 4.50. The number of rotatable bonds is 6. The van der Waals surface area contributed by atoms with E-state index in [4.69, 9.17) is 20.2 Å². The molecule has 0 bridgehead atoms. The topological polar surface area (TPSA) is 52.6 Å². The lowest BCUT2D eigenvalue weighted by Gasteiger charge is -2.29. The van der Waals surface area contributed by atoms with Crippen LogP contribution >= 0.6 is 10.7 Å². The van der Waals surface area contributed by atoms with E-state index in [9.17, 15) is 8.42 Å². The Balaban J connectivity index is 2.41. The summed E-state index contributed by atoms with van der Waals surface area (Å²) in [6.45, 7) is 8.60. The van der Waals surface area contributed by atoms with Gasteiger partial charge in [-0.2, -0.15) is 0 Å². The zero-order valence-corrected chi connectivity index (χ0v) is 12.9. The fourth-order valence-electron chi connectivity index (χ4n) is 1.88. The van der Waals surface area contributed by atoms with E-state index in [1.807, 2.05) is 20.8 Å². The first-order chi connectivity index (χ1) is 8.18. The molecule has 0 saturated carbocycles. The van der Waals surface area contributed by atoms with Crippen LogP contribution in [0.1, 0.15) is 27.2 Å². The zero-order chi connectivity index (χ0) is 13.8. The van der Waals surface area contributed by atoms with Gasteiger partial charge in [0.1, 0.15) is 0 Å². The Morgan fingerprint density at radius 2 is 2.11 bits per heavy atom. The van der Waals surface area contributed by atoms with Gasteiger partial charge in [0.2, 0.25) is 9.05 Å². The summed E-state index contributed by atoms with van der Waals surface area (Å²) in [5.74, 6) is 0.305. The Labute approximate surface area is 114 Å². The number of hydrogen-bond donors (Lipinski definition) is 0. The van der Waals surface area contributed by atoms with Gasteiger partial charge >= 0.3 is 0 Å². The molecule has 6 heteroatoms.